The number of para-hydroxylation sites is 1. The second kappa shape index (κ2) is 9.76. The molecule has 0 saturated carbocycles. The number of carbonyl (C=O) groups excluding carboxylic acids is 4. The van der Waals surface area contributed by atoms with E-state index < -0.39 is 29.4 Å². The zero-order chi connectivity index (χ0) is 21.5. The molecule has 3 rings (SSSR count). The van der Waals surface area contributed by atoms with E-state index in [2.05, 4.69) is 5.32 Å². The summed E-state index contributed by atoms with van der Waals surface area (Å²) in [6.45, 7) is 1.42. The van der Waals surface area contributed by atoms with Gasteiger partial charge in [-0.25, -0.2) is 0 Å². The van der Waals surface area contributed by atoms with Crippen LogP contribution in [0.4, 0.5) is 5.69 Å². The van der Waals surface area contributed by atoms with Crippen molar-refractivity contribution in [2.24, 2.45) is 0 Å². The molecule has 0 bridgehead atoms. The predicted molar refractivity (Wildman–Crippen MR) is 115 cm³/mol. The number of ketones is 2. The number of nitrogens with zero attached hydrogens (tertiary/aromatic N) is 1. The fraction of sp³-hybridized carbons (Fsp3) is 0.130. The molecule has 2 amide bonds. The first-order chi connectivity index (χ1) is 14.5. The smallest absolute Gasteiger partial charge is 0.301 e. The Bertz CT molecular complexity index is 1030. The van der Waals surface area contributed by atoms with Crippen molar-refractivity contribution in [1.82, 2.24) is 5.32 Å². The highest BCUT2D eigenvalue weighted by Crippen LogP contribution is 2.21. The lowest BCUT2D eigenvalue weighted by Crippen LogP contribution is -2.55. The SMILES string of the molecule is CC(=O)C(C(=O)NCc1ccccc1)N(C(=O)C(=O)c1cccs1)c1ccccc1. The third-order valence-electron chi connectivity index (χ3n) is 4.39. The largest absolute Gasteiger partial charge is 0.350 e. The van der Waals surface area contributed by atoms with Gasteiger partial charge in [-0.05, 0) is 36.1 Å². The van der Waals surface area contributed by atoms with E-state index >= 15 is 0 Å². The van der Waals surface area contributed by atoms with Crippen LogP contribution in [0.15, 0.2) is 78.2 Å². The van der Waals surface area contributed by atoms with E-state index in [0.29, 0.717) is 5.69 Å². The monoisotopic (exact) mass is 420 g/mol. The molecule has 3 aromatic rings. The third kappa shape index (κ3) is 4.87. The van der Waals surface area contributed by atoms with E-state index in [4.69, 9.17) is 0 Å². The van der Waals surface area contributed by atoms with Crippen LogP contribution in [0.2, 0.25) is 0 Å². The highest BCUT2D eigenvalue weighted by atomic mass is 32.1. The van der Waals surface area contributed by atoms with Crippen LogP contribution >= 0.6 is 11.3 Å². The third-order valence-corrected chi connectivity index (χ3v) is 5.26. The van der Waals surface area contributed by atoms with Crippen LogP contribution in [-0.4, -0.2) is 29.4 Å². The van der Waals surface area contributed by atoms with E-state index in [1.807, 2.05) is 30.3 Å². The summed E-state index contributed by atoms with van der Waals surface area (Å²) >= 11 is 1.13. The van der Waals surface area contributed by atoms with Crippen molar-refractivity contribution in [2.45, 2.75) is 19.5 Å². The fourth-order valence-electron chi connectivity index (χ4n) is 2.96. The van der Waals surface area contributed by atoms with Crippen LogP contribution in [0.1, 0.15) is 22.2 Å². The number of Topliss-reactive ketones (excluding diaryl/α,β-unsaturated/α-hetero) is 2. The van der Waals surface area contributed by atoms with E-state index in [1.165, 1.54) is 13.0 Å². The summed E-state index contributed by atoms with van der Waals surface area (Å²) in [4.78, 5) is 52.5. The lowest BCUT2D eigenvalue weighted by atomic mass is 10.1. The molecular formula is C23H20N2O4S. The van der Waals surface area contributed by atoms with Crippen molar-refractivity contribution in [3.8, 4) is 0 Å². The van der Waals surface area contributed by atoms with Gasteiger partial charge in [0, 0.05) is 12.2 Å². The van der Waals surface area contributed by atoms with Gasteiger partial charge in [0.2, 0.25) is 0 Å². The Morgan fingerprint density at radius 2 is 1.53 bits per heavy atom. The molecule has 152 valence electrons. The maximum Gasteiger partial charge on any atom is 0.301 e. The number of benzene rings is 2. The summed E-state index contributed by atoms with van der Waals surface area (Å²) < 4.78 is 0. The van der Waals surface area contributed by atoms with Gasteiger partial charge in [-0.15, -0.1) is 11.3 Å². The van der Waals surface area contributed by atoms with Gasteiger partial charge in [0.25, 0.3) is 11.7 Å². The molecule has 0 spiro atoms. The van der Waals surface area contributed by atoms with Crippen LogP contribution in [-0.2, 0) is 20.9 Å². The molecule has 0 fully saturated rings. The average Bonchev–Trinajstić information content (AvgIpc) is 3.31. The number of thiophene rings is 1. The normalized spacial score (nSPS) is 11.4. The molecule has 7 heteroatoms. The first-order valence-corrected chi connectivity index (χ1v) is 10.2. The van der Waals surface area contributed by atoms with Gasteiger partial charge < -0.3 is 5.32 Å². The molecule has 1 aromatic heterocycles. The Morgan fingerprint density at radius 3 is 2.10 bits per heavy atom. The molecule has 2 aromatic carbocycles. The summed E-state index contributed by atoms with van der Waals surface area (Å²) in [6, 6.07) is 19.2. The van der Waals surface area contributed by atoms with Gasteiger partial charge in [-0.1, -0.05) is 54.6 Å². The summed E-state index contributed by atoms with van der Waals surface area (Å²) in [6.07, 6.45) is 0. The van der Waals surface area contributed by atoms with Gasteiger partial charge in [0.05, 0.1) is 4.88 Å². The van der Waals surface area contributed by atoms with E-state index in [0.717, 1.165) is 21.8 Å². The lowest BCUT2D eigenvalue weighted by molar-refractivity contribution is -0.131. The summed E-state index contributed by atoms with van der Waals surface area (Å²) in [5.41, 5.74) is 1.14. The van der Waals surface area contributed by atoms with Crippen LogP contribution in [0.3, 0.4) is 0 Å². The van der Waals surface area contributed by atoms with Gasteiger partial charge in [-0.3, -0.25) is 24.1 Å². The Kier molecular flexibility index (Phi) is 6.87. The molecule has 0 aliphatic heterocycles. The zero-order valence-corrected chi connectivity index (χ0v) is 17.1. The second-order valence-corrected chi connectivity index (χ2v) is 7.48. The quantitative estimate of drug-likeness (QED) is 0.345. The maximum atomic E-state index is 13.1. The number of nitrogens with one attached hydrogen (secondary N) is 1. The first-order valence-electron chi connectivity index (χ1n) is 9.27. The molecule has 1 heterocycles. The lowest BCUT2D eigenvalue weighted by Gasteiger charge is -2.28. The van der Waals surface area contributed by atoms with Gasteiger partial charge in [0.1, 0.15) is 0 Å². The molecule has 0 aliphatic carbocycles. The van der Waals surface area contributed by atoms with Crippen molar-refractivity contribution in [3.63, 3.8) is 0 Å². The first kappa shape index (κ1) is 21.1. The van der Waals surface area contributed by atoms with E-state index in [9.17, 15) is 19.2 Å². The van der Waals surface area contributed by atoms with Crippen LogP contribution in [0, 0.1) is 0 Å². The zero-order valence-electron chi connectivity index (χ0n) is 16.3. The number of rotatable bonds is 8. The summed E-state index contributed by atoms with van der Waals surface area (Å²) in [7, 11) is 0. The van der Waals surface area contributed by atoms with Crippen molar-refractivity contribution in [2.75, 3.05) is 4.90 Å². The Morgan fingerprint density at radius 1 is 0.900 bits per heavy atom. The Labute approximate surface area is 178 Å². The number of hydrogen-bond donors (Lipinski definition) is 1. The molecule has 0 saturated heterocycles. The molecular weight excluding hydrogens is 400 g/mol. The van der Waals surface area contributed by atoms with Crippen LogP contribution in [0.25, 0.3) is 0 Å². The van der Waals surface area contributed by atoms with E-state index in [-0.39, 0.29) is 11.4 Å². The minimum atomic E-state index is -1.47. The van der Waals surface area contributed by atoms with Crippen LogP contribution < -0.4 is 10.2 Å². The highest BCUT2D eigenvalue weighted by molar-refractivity contribution is 7.13. The molecule has 0 radical (unpaired) electrons. The topological polar surface area (TPSA) is 83.6 Å². The van der Waals surface area contributed by atoms with E-state index in [1.54, 1.807) is 41.8 Å². The molecule has 1 N–H and O–H groups in total. The average molecular weight is 420 g/mol. The van der Waals surface area contributed by atoms with Crippen LogP contribution in [0.5, 0.6) is 0 Å². The predicted octanol–water partition coefficient (Wildman–Crippen LogP) is 3.24. The second-order valence-electron chi connectivity index (χ2n) is 6.53. The molecule has 0 aliphatic rings. The number of anilines is 1. The Balaban J connectivity index is 1.92. The maximum absolute atomic E-state index is 13.1. The summed E-state index contributed by atoms with van der Waals surface area (Å²) in [5, 5.41) is 4.38. The number of hydrogen-bond acceptors (Lipinski definition) is 5. The van der Waals surface area contributed by atoms with Crippen molar-refractivity contribution >= 4 is 40.4 Å². The van der Waals surface area contributed by atoms with Crippen molar-refractivity contribution < 1.29 is 19.2 Å². The standard InChI is InChI=1S/C23H20N2O4S/c1-16(26)20(22(28)24-15-17-9-4-2-5-10-17)25(18-11-6-3-7-12-18)23(29)21(27)19-13-8-14-30-19/h2-14,20H,15H2,1H3,(H,24,28). The fourth-order valence-corrected chi connectivity index (χ4v) is 3.62. The summed E-state index contributed by atoms with van der Waals surface area (Å²) in [5.74, 6) is -2.89. The van der Waals surface area contributed by atoms with Crippen molar-refractivity contribution in [1.29, 1.82) is 0 Å². The highest BCUT2D eigenvalue weighted by Gasteiger charge is 2.38. The molecule has 1 atom stereocenters. The number of carbonyl (C=O) groups is 4. The molecule has 1 unspecified atom stereocenters. The van der Waals surface area contributed by atoms with Gasteiger partial charge in [0.15, 0.2) is 11.8 Å². The minimum Gasteiger partial charge on any atom is -0.350 e. The molecule has 6 nitrogen and oxygen atoms in total. The van der Waals surface area contributed by atoms with Gasteiger partial charge in [-0.2, -0.15) is 0 Å². The Hall–Kier alpha value is -3.58. The van der Waals surface area contributed by atoms with Gasteiger partial charge >= 0.3 is 5.91 Å². The number of amides is 2. The minimum absolute atomic E-state index is 0.194. The van der Waals surface area contributed by atoms with Crippen molar-refractivity contribution in [3.05, 3.63) is 88.6 Å². The molecule has 30 heavy (non-hydrogen) atoms.